The lowest BCUT2D eigenvalue weighted by Gasteiger charge is -2.10. The molecule has 0 radical (unpaired) electrons. The van der Waals surface area contributed by atoms with Gasteiger partial charge in [-0.25, -0.2) is 4.68 Å². The van der Waals surface area contributed by atoms with E-state index >= 15 is 0 Å². The number of aromatic nitrogens is 2. The van der Waals surface area contributed by atoms with Gasteiger partial charge >= 0.3 is 0 Å². The smallest absolute Gasteiger partial charge is 0.290 e. The van der Waals surface area contributed by atoms with E-state index in [4.69, 9.17) is 0 Å². The lowest BCUT2D eigenvalue weighted by molar-refractivity contribution is -0.119. The first-order chi connectivity index (χ1) is 14.8. The van der Waals surface area contributed by atoms with Crippen LogP contribution in [0.25, 0.3) is 10.8 Å². The van der Waals surface area contributed by atoms with Gasteiger partial charge in [-0.05, 0) is 25.1 Å². The zero-order valence-corrected chi connectivity index (χ0v) is 17.8. The molecule has 0 aliphatic rings. The predicted molar refractivity (Wildman–Crippen MR) is 120 cm³/mol. The molecule has 0 fully saturated rings. The van der Waals surface area contributed by atoms with Crippen LogP contribution in [0, 0.1) is 6.92 Å². The molecule has 3 rings (SSSR count). The number of hydrogen-bond donors (Lipinski definition) is 3. The molecule has 0 aliphatic carbocycles. The zero-order valence-electron chi connectivity index (χ0n) is 17.0. The Bertz CT molecular complexity index is 1190. The molecule has 1 aromatic heterocycles. The molecular formula is C21H21N5O4S. The number of hydrazine groups is 1. The van der Waals surface area contributed by atoms with Crippen LogP contribution < -0.4 is 21.7 Å². The van der Waals surface area contributed by atoms with E-state index in [0.29, 0.717) is 16.5 Å². The summed E-state index contributed by atoms with van der Waals surface area (Å²) in [5.41, 5.74) is 6.05. The van der Waals surface area contributed by atoms with Crippen LogP contribution >= 0.6 is 11.8 Å². The second kappa shape index (κ2) is 9.90. The number of nitrogens with one attached hydrogen (secondary N) is 3. The first-order valence-corrected chi connectivity index (χ1v) is 10.5. The van der Waals surface area contributed by atoms with Crippen LogP contribution in [0.3, 0.4) is 0 Å². The number of nitrogens with zero attached hydrogens (tertiary/aromatic N) is 2. The summed E-state index contributed by atoms with van der Waals surface area (Å²) in [6.45, 7) is 1.95. The monoisotopic (exact) mass is 439 g/mol. The van der Waals surface area contributed by atoms with E-state index in [1.54, 1.807) is 36.4 Å². The van der Waals surface area contributed by atoms with Gasteiger partial charge in [-0.2, -0.15) is 5.10 Å². The van der Waals surface area contributed by atoms with Crippen molar-refractivity contribution in [3.8, 4) is 0 Å². The van der Waals surface area contributed by atoms with Gasteiger partial charge < -0.3 is 5.32 Å². The Kier molecular flexibility index (Phi) is 7.03. The highest BCUT2D eigenvalue weighted by Crippen LogP contribution is 2.13. The van der Waals surface area contributed by atoms with Crippen LogP contribution in [-0.2, 0) is 16.6 Å². The van der Waals surface area contributed by atoms with Gasteiger partial charge in [0.25, 0.3) is 11.5 Å². The number of thioether (sulfide) groups is 1. The fourth-order valence-corrected chi connectivity index (χ4v) is 3.38. The summed E-state index contributed by atoms with van der Waals surface area (Å²) in [7, 11) is 1.45. The summed E-state index contributed by atoms with van der Waals surface area (Å²) in [4.78, 5) is 48.5. The summed E-state index contributed by atoms with van der Waals surface area (Å²) in [5.74, 6) is -1.30. The average Bonchev–Trinajstić information content (AvgIpc) is 2.76. The molecule has 0 saturated heterocycles. The van der Waals surface area contributed by atoms with Crippen molar-refractivity contribution in [2.24, 2.45) is 7.05 Å². The molecule has 9 nitrogen and oxygen atoms in total. The van der Waals surface area contributed by atoms with Crippen molar-refractivity contribution in [1.29, 1.82) is 0 Å². The highest BCUT2D eigenvalue weighted by Gasteiger charge is 2.16. The molecule has 0 bridgehead atoms. The molecule has 3 N–H and O–H groups in total. The van der Waals surface area contributed by atoms with Gasteiger partial charge in [-0.1, -0.05) is 35.9 Å². The Labute approximate surface area is 182 Å². The zero-order chi connectivity index (χ0) is 22.4. The van der Waals surface area contributed by atoms with E-state index < -0.39 is 11.8 Å². The summed E-state index contributed by atoms with van der Waals surface area (Å²) >= 11 is 1.11. The minimum Gasteiger partial charge on any atom is -0.325 e. The maximum atomic E-state index is 12.5. The Balaban J connectivity index is 1.49. The summed E-state index contributed by atoms with van der Waals surface area (Å²) in [6, 6.07) is 14.0. The van der Waals surface area contributed by atoms with Crippen LogP contribution in [0.4, 0.5) is 5.69 Å². The molecule has 31 heavy (non-hydrogen) atoms. The Morgan fingerprint density at radius 1 is 0.935 bits per heavy atom. The summed E-state index contributed by atoms with van der Waals surface area (Å²) in [6.07, 6.45) is 0. The third-order valence-corrected chi connectivity index (χ3v) is 5.22. The quantitative estimate of drug-likeness (QED) is 0.499. The molecular weight excluding hydrogens is 418 g/mol. The van der Waals surface area contributed by atoms with Gasteiger partial charge in [0.1, 0.15) is 0 Å². The number of fused-ring (bicyclic) bond motifs is 1. The third-order valence-electron chi connectivity index (χ3n) is 4.29. The predicted octanol–water partition coefficient (Wildman–Crippen LogP) is 1.37. The molecule has 10 heteroatoms. The van der Waals surface area contributed by atoms with Gasteiger partial charge in [0.15, 0.2) is 5.69 Å². The molecule has 0 spiro atoms. The lowest BCUT2D eigenvalue weighted by Crippen LogP contribution is -2.43. The number of anilines is 1. The van der Waals surface area contributed by atoms with Gasteiger partial charge in [0.2, 0.25) is 11.8 Å². The van der Waals surface area contributed by atoms with E-state index in [1.807, 2.05) is 19.1 Å². The molecule has 3 aromatic rings. The number of rotatable bonds is 6. The third kappa shape index (κ3) is 5.70. The number of carbonyl (C=O) groups is 3. The molecule has 0 atom stereocenters. The largest absolute Gasteiger partial charge is 0.325 e. The summed E-state index contributed by atoms with van der Waals surface area (Å²) in [5, 5.41) is 7.48. The van der Waals surface area contributed by atoms with Gasteiger partial charge in [-0.15, -0.1) is 11.8 Å². The maximum absolute atomic E-state index is 12.5. The Morgan fingerprint density at radius 2 is 1.58 bits per heavy atom. The first kappa shape index (κ1) is 22.0. The topological polar surface area (TPSA) is 122 Å². The number of carbonyl (C=O) groups excluding carboxylic acids is 3. The van der Waals surface area contributed by atoms with Gasteiger partial charge in [0.05, 0.1) is 16.9 Å². The maximum Gasteiger partial charge on any atom is 0.290 e. The van der Waals surface area contributed by atoms with E-state index in [2.05, 4.69) is 21.3 Å². The molecule has 0 aliphatic heterocycles. The molecule has 1 heterocycles. The first-order valence-electron chi connectivity index (χ1n) is 9.34. The van der Waals surface area contributed by atoms with Crippen LogP contribution in [0.1, 0.15) is 16.1 Å². The Hall–Kier alpha value is -3.66. The SMILES string of the molecule is Cc1ccc(NC(=O)CSCC(=O)NNC(=O)c2nn(C)c(=O)c3ccccc23)cc1. The van der Waals surface area contributed by atoms with E-state index in [9.17, 15) is 19.2 Å². The second-order valence-corrected chi connectivity index (χ2v) is 7.72. The van der Waals surface area contributed by atoms with Crippen molar-refractivity contribution in [2.45, 2.75) is 6.92 Å². The number of aryl methyl sites for hydroxylation is 2. The van der Waals surface area contributed by atoms with E-state index in [0.717, 1.165) is 22.0 Å². The second-order valence-electron chi connectivity index (χ2n) is 6.73. The standard InChI is InChI=1S/C21H21N5O4S/c1-13-7-9-14(10-8-13)22-17(27)11-31-12-18(28)23-24-20(29)19-15-5-3-4-6-16(15)21(30)26(2)25-19/h3-10H,11-12H2,1-2H3,(H,22,27)(H,23,28)(H,24,29). The minimum atomic E-state index is -0.651. The number of benzene rings is 2. The van der Waals surface area contributed by atoms with Crippen molar-refractivity contribution in [3.05, 3.63) is 70.1 Å². The highest BCUT2D eigenvalue weighted by molar-refractivity contribution is 8.00. The highest BCUT2D eigenvalue weighted by atomic mass is 32.2. The fourth-order valence-electron chi connectivity index (χ4n) is 2.76. The van der Waals surface area contributed by atoms with Gasteiger partial charge in [-0.3, -0.25) is 30.0 Å². The molecule has 0 saturated carbocycles. The van der Waals surface area contributed by atoms with E-state index in [-0.39, 0.29) is 28.7 Å². The van der Waals surface area contributed by atoms with Gasteiger partial charge in [0, 0.05) is 18.1 Å². The normalized spacial score (nSPS) is 10.5. The van der Waals surface area contributed by atoms with Crippen LogP contribution in [0.5, 0.6) is 0 Å². The lowest BCUT2D eigenvalue weighted by atomic mass is 10.1. The van der Waals surface area contributed by atoms with Crippen LogP contribution in [0.2, 0.25) is 0 Å². The number of amides is 3. The van der Waals surface area contributed by atoms with Crippen LogP contribution in [-0.4, -0.2) is 39.0 Å². The van der Waals surface area contributed by atoms with Crippen molar-refractivity contribution >= 4 is 45.9 Å². The minimum absolute atomic E-state index is 0.0168. The molecule has 160 valence electrons. The van der Waals surface area contributed by atoms with E-state index in [1.165, 1.54) is 7.05 Å². The molecule has 3 amide bonds. The van der Waals surface area contributed by atoms with Crippen LogP contribution in [0.15, 0.2) is 53.3 Å². The number of hydrogen-bond acceptors (Lipinski definition) is 6. The van der Waals surface area contributed by atoms with Crippen molar-refractivity contribution in [2.75, 3.05) is 16.8 Å². The molecule has 0 unspecified atom stereocenters. The summed E-state index contributed by atoms with van der Waals surface area (Å²) < 4.78 is 1.07. The van der Waals surface area contributed by atoms with Crippen molar-refractivity contribution in [1.82, 2.24) is 20.6 Å². The molecule has 2 aromatic carbocycles. The average molecular weight is 439 g/mol. The Morgan fingerprint density at radius 3 is 2.29 bits per heavy atom. The fraction of sp³-hybridized carbons (Fsp3) is 0.190. The van der Waals surface area contributed by atoms with Crippen molar-refractivity contribution in [3.63, 3.8) is 0 Å². The van der Waals surface area contributed by atoms with Crippen molar-refractivity contribution < 1.29 is 14.4 Å².